The van der Waals surface area contributed by atoms with Gasteiger partial charge in [0.05, 0.1) is 25.9 Å². The fourth-order valence-electron chi connectivity index (χ4n) is 2.45. The summed E-state index contributed by atoms with van der Waals surface area (Å²) in [5, 5.41) is 0. The maximum atomic E-state index is 11.6. The van der Waals surface area contributed by atoms with Gasteiger partial charge in [0.1, 0.15) is 5.75 Å². The van der Waals surface area contributed by atoms with Crippen molar-refractivity contribution in [2.24, 2.45) is 5.73 Å². The third-order valence-corrected chi connectivity index (χ3v) is 3.56. The number of ether oxygens (including phenoxy) is 2. The average Bonchev–Trinajstić information content (AvgIpc) is 2.55. The summed E-state index contributed by atoms with van der Waals surface area (Å²) < 4.78 is 11.4. The summed E-state index contributed by atoms with van der Waals surface area (Å²) in [5.41, 5.74) is 5.39. The molecular weight excluding hydrogens is 268 g/mol. The number of amides is 1. The van der Waals surface area contributed by atoms with Crippen LogP contribution in [0.3, 0.4) is 0 Å². The van der Waals surface area contributed by atoms with Gasteiger partial charge in [-0.25, -0.2) is 0 Å². The van der Waals surface area contributed by atoms with Crippen LogP contribution in [0.25, 0.3) is 0 Å². The molecule has 21 heavy (non-hydrogen) atoms. The fourth-order valence-corrected chi connectivity index (χ4v) is 2.45. The van der Waals surface area contributed by atoms with Gasteiger partial charge in [-0.1, -0.05) is 18.2 Å². The normalized spacial score (nSPS) is 18.5. The lowest BCUT2D eigenvalue weighted by atomic mass is 10.1. The molecular formula is C16H24N2O3. The Morgan fingerprint density at radius 1 is 1.29 bits per heavy atom. The molecule has 1 aromatic rings. The first kappa shape index (κ1) is 15.8. The van der Waals surface area contributed by atoms with Crippen molar-refractivity contribution in [2.75, 3.05) is 32.8 Å². The zero-order valence-corrected chi connectivity index (χ0v) is 12.4. The predicted octanol–water partition coefficient (Wildman–Crippen LogP) is 1.42. The van der Waals surface area contributed by atoms with Crippen LogP contribution in [-0.2, 0) is 9.53 Å². The number of likely N-dealkylation sites (tertiary alicyclic amines) is 1. The van der Waals surface area contributed by atoms with Gasteiger partial charge in [0.15, 0.2) is 0 Å². The Labute approximate surface area is 126 Å². The molecule has 1 unspecified atom stereocenters. The highest BCUT2D eigenvalue weighted by Crippen LogP contribution is 2.14. The minimum atomic E-state index is 0.00992. The second-order valence-electron chi connectivity index (χ2n) is 5.19. The second-order valence-corrected chi connectivity index (χ2v) is 5.19. The van der Waals surface area contributed by atoms with Crippen LogP contribution in [0.1, 0.15) is 19.3 Å². The average molecular weight is 292 g/mol. The first-order chi connectivity index (χ1) is 10.3. The lowest BCUT2D eigenvalue weighted by Gasteiger charge is -2.32. The maximum absolute atomic E-state index is 11.6. The Hall–Kier alpha value is -1.59. The molecule has 1 fully saturated rings. The first-order valence-electron chi connectivity index (χ1n) is 7.57. The highest BCUT2D eigenvalue weighted by molar-refractivity contribution is 5.78. The lowest BCUT2D eigenvalue weighted by Crippen LogP contribution is -2.45. The molecule has 0 spiro atoms. The predicted molar refractivity (Wildman–Crippen MR) is 81.2 cm³/mol. The Morgan fingerprint density at radius 2 is 2.10 bits per heavy atom. The highest BCUT2D eigenvalue weighted by atomic mass is 16.5. The summed E-state index contributed by atoms with van der Waals surface area (Å²) in [6.07, 6.45) is 2.96. The summed E-state index contributed by atoms with van der Waals surface area (Å²) in [7, 11) is 0. The maximum Gasteiger partial charge on any atom is 0.236 e. The van der Waals surface area contributed by atoms with Crippen molar-refractivity contribution in [3.8, 4) is 5.75 Å². The zero-order chi connectivity index (χ0) is 14.9. The molecule has 1 aliphatic rings. The van der Waals surface area contributed by atoms with E-state index in [1.165, 1.54) is 0 Å². The lowest BCUT2D eigenvalue weighted by molar-refractivity contribution is -0.133. The Morgan fingerprint density at radius 3 is 2.86 bits per heavy atom. The van der Waals surface area contributed by atoms with Crippen LogP contribution >= 0.6 is 0 Å². The van der Waals surface area contributed by atoms with Gasteiger partial charge in [-0.05, 0) is 25.0 Å². The number of nitrogens with zero attached hydrogens (tertiary/aromatic N) is 1. The molecule has 1 amide bonds. The van der Waals surface area contributed by atoms with E-state index < -0.39 is 0 Å². The number of nitrogens with two attached hydrogens (primary N) is 1. The SMILES string of the molecule is NCC(=O)N1CCCC(OCCCOc2ccccc2)C1. The van der Waals surface area contributed by atoms with E-state index in [1.54, 1.807) is 4.90 Å². The quantitative estimate of drug-likeness (QED) is 0.772. The number of carbonyl (C=O) groups excluding carboxylic acids is 1. The van der Waals surface area contributed by atoms with Crippen molar-refractivity contribution >= 4 is 5.91 Å². The smallest absolute Gasteiger partial charge is 0.236 e. The summed E-state index contributed by atoms with van der Waals surface area (Å²) >= 11 is 0. The number of rotatable bonds is 7. The highest BCUT2D eigenvalue weighted by Gasteiger charge is 2.22. The van der Waals surface area contributed by atoms with Gasteiger partial charge < -0.3 is 20.1 Å². The van der Waals surface area contributed by atoms with Crippen LogP contribution in [0.2, 0.25) is 0 Å². The molecule has 1 aliphatic heterocycles. The van der Waals surface area contributed by atoms with Crippen LogP contribution in [0.15, 0.2) is 30.3 Å². The molecule has 1 atom stereocenters. The van der Waals surface area contributed by atoms with E-state index >= 15 is 0 Å². The van der Waals surface area contributed by atoms with E-state index in [-0.39, 0.29) is 18.6 Å². The van der Waals surface area contributed by atoms with Crippen LogP contribution in [0.4, 0.5) is 0 Å². The van der Waals surface area contributed by atoms with E-state index in [0.29, 0.717) is 19.8 Å². The Kier molecular flexibility index (Phi) is 6.50. The number of benzene rings is 1. The van der Waals surface area contributed by atoms with Gasteiger partial charge in [-0.15, -0.1) is 0 Å². The van der Waals surface area contributed by atoms with E-state index in [9.17, 15) is 4.79 Å². The monoisotopic (exact) mass is 292 g/mol. The number of piperidine rings is 1. The van der Waals surface area contributed by atoms with E-state index in [2.05, 4.69) is 0 Å². The molecule has 2 N–H and O–H groups in total. The number of hydrogen-bond acceptors (Lipinski definition) is 4. The number of hydrogen-bond donors (Lipinski definition) is 1. The van der Waals surface area contributed by atoms with Crippen molar-refractivity contribution in [3.63, 3.8) is 0 Å². The van der Waals surface area contributed by atoms with Crippen molar-refractivity contribution < 1.29 is 14.3 Å². The number of para-hydroxylation sites is 1. The molecule has 0 aliphatic carbocycles. The molecule has 116 valence electrons. The fraction of sp³-hybridized carbons (Fsp3) is 0.562. The van der Waals surface area contributed by atoms with Crippen LogP contribution in [0.5, 0.6) is 5.75 Å². The minimum absolute atomic E-state index is 0.00992. The van der Waals surface area contributed by atoms with Crippen LogP contribution in [0, 0.1) is 0 Å². The summed E-state index contributed by atoms with van der Waals surface area (Å²) in [4.78, 5) is 13.4. The molecule has 0 bridgehead atoms. The van der Waals surface area contributed by atoms with Gasteiger partial charge in [0, 0.05) is 19.5 Å². The first-order valence-corrected chi connectivity index (χ1v) is 7.57. The van der Waals surface area contributed by atoms with Crippen molar-refractivity contribution in [3.05, 3.63) is 30.3 Å². The largest absolute Gasteiger partial charge is 0.494 e. The van der Waals surface area contributed by atoms with Crippen molar-refractivity contribution in [2.45, 2.75) is 25.4 Å². The van der Waals surface area contributed by atoms with Crippen molar-refractivity contribution in [1.82, 2.24) is 4.90 Å². The molecule has 2 rings (SSSR count). The summed E-state index contributed by atoms with van der Waals surface area (Å²) in [5.74, 6) is 0.894. The Bertz CT molecular complexity index is 425. The molecule has 0 radical (unpaired) electrons. The van der Waals surface area contributed by atoms with Gasteiger partial charge in [0.2, 0.25) is 5.91 Å². The van der Waals surface area contributed by atoms with E-state index in [0.717, 1.165) is 31.6 Å². The second kappa shape index (κ2) is 8.64. The number of carbonyl (C=O) groups is 1. The standard InChI is InChI=1S/C16H24N2O3/c17-12-16(19)18-9-4-8-15(13-18)21-11-5-10-20-14-6-2-1-3-7-14/h1-3,6-7,15H,4-5,8-13,17H2. The summed E-state index contributed by atoms with van der Waals surface area (Å²) in [6, 6.07) is 9.76. The molecule has 5 nitrogen and oxygen atoms in total. The third kappa shape index (κ3) is 5.36. The van der Waals surface area contributed by atoms with Gasteiger partial charge >= 0.3 is 0 Å². The van der Waals surface area contributed by atoms with E-state index in [4.69, 9.17) is 15.2 Å². The third-order valence-electron chi connectivity index (χ3n) is 3.56. The van der Waals surface area contributed by atoms with Crippen molar-refractivity contribution in [1.29, 1.82) is 0 Å². The zero-order valence-electron chi connectivity index (χ0n) is 12.4. The van der Waals surface area contributed by atoms with Gasteiger partial charge in [-0.3, -0.25) is 4.79 Å². The van der Waals surface area contributed by atoms with E-state index in [1.807, 2.05) is 30.3 Å². The van der Waals surface area contributed by atoms with Crippen LogP contribution < -0.4 is 10.5 Å². The Balaban J connectivity index is 1.59. The molecule has 1 aromatic carbocycles. The molecule has 5 heteroatoms. The molecule has 0 saturated carbocycles. The summed E-state index contributed by atoms with van der Waals surface area (Å²) in [6.45, 7) is 2.84. The molecule has 1 heterocycles. The van der Waals surface area contributed by atoms with Gasteiger partial charge in [-0.2, -0.15) is 0 Å². The topological polar surface area (TPSA) is 64.8 Å². The van der Waals surface area contributed by atoms with Gasteiger partial charge in [0.25, 0.3) is 0 Å². The minimum Gasteiger partial charge on any atom is -0.494 e. The molecule has 1 saturated heterocycles. The van der Waals surface area contributed by atoms with Crippen LogP contribution in [-0.4, -0.2) is 49.8 Å². The molecule has 0 aromatic heterocycles.